The molecule has 0 bridgehead atoms. The van der Waals surface area contributed by atoms with E-state index in [1.165, 1.54) is 29.8 Å². The number of nitrogens with zero attached hydrogens (tertiary/aromatic N) is 2. The Morgan fingerprint density at radius 2 is 1.94 bits per heavy atom. The van der Waals surface area contributed by atoms with Gasteiger partial charge in [0.15, 0.2) is 0 Å². The summed E-state index contributed by atoms with van der Waals surface area (Å²) in [6, 6.07) is 0.799. The summed E-state index contributed by atoms with van der Waals surface area (Å²) in [6.07, 6.45) is 3.82. The van der Waals surface area contributed by atoms with Gasteiger partial charge in [-0.2, -0.15) is 5.10 Å². The lowest BCUT2D eigenvalue weighted by molar-refractivity contribution is 0.346. The maximum Gasteiger partial charge on any atom is 0.0629 e. The average molecular weight is 235 g/mol. The van der Waals surface area contributed by atoms with Crippen LogP contribution < -0.4 is 5.32 Å². The first kappa shape index (κ1) is 12.6. The van der Waals surface area contributed by atoms with Crippen molar-refractivity contribution >= 4 is 0 Å². The molecule has 1 saturated carbocycles. The molecule has 0 atom stereocenters. The Bertz CT molecular complexity index is 394. The molecule has 1 aliphatic rings. The molecule has 0 aliphatic heterocycles. The van der Waals surface area contributed by atoms with Crippen LogP contribution in [-0.4, -0.2) is 22.4 Å². The van der Waals surface area contributed by atoms with Gasteiger partial charge in [0.2, 0.25) is 0 Å². The Morgan fingerprint density at radius 1 is 1.29 bits per heavy atom. The molecular formula is C14H25N3. The van der Waals surface area contributed by atoms with Crippen LogP contribution in [0.25, 0.3) is 0 Å². The summed E-state index contributed by atoms with van der Waals surface area (Å²) < 4.78 is 2.16. The second kappa shape index (κ2) is 4.45. The average Bonchev–Trinajstić information content (AvgIpc) is 2.97. The van der Waals surface area contributed by atoms with Gasteiger partial charge >= 0.3 is 0 Å². The lowest BCUT2D eigenvalue weighted by atomic mass is 10.1. The standard InChI is InChI=1S/C14H25N3/c1-10-13(8-9-15-12-6-7-12)11(2)17(16-10)14(3,4)5/h12,15H,6-9H2,1-5H3. The Morgan fingerprint density at radius 3 is 2.41 bits per heavy atom. The van der Waals surface area contributed by atoms with E-state index in [1.54, 1.807) is 0 Å². The molecule has 0 amide bonds. The fourth-order valence-electron chi connectivity index (χ4n) is 2.38. The van der Waals surface area contributed by atoms with E-state index in [1.807, 2.05) is 0 Å². The number of hydrogen-bond acceptors (Lipinski definition) is 2. The summed E-state index contributed by atoms with van der Waals surface area (Å²) in [6.45, 7) is 12.0. The highest BCUT2D eigenvalue weighted by atomic mass is 15.3. The fraction of sp³-hybridized carbons (Fsp3) is 0.786. The van der Waals surface area contributed by atoms with E-state index in [0.29, 0.717) is 0 Å². The van der Waals surface area contributed by atoms with Gasteiger partial charge in [-0.1, -0.05) is 0 Å². The predicted octanol–water partition coefficient (Wildman–Crippen LogP) is 2.55. The fourth-order valence-corrected chi connectivity index (χ4v) is 2.38. The van der Waals surface area contributed by atoms with Crippen molar-refractivity contribution in [3.63, 3.8) is 0 Å². The molecule has 1 heterocycles. The topological polar surface area (TPSA) is 29.9 Å². The van der Waals surface area contributed by atoms with Crippen molar-refractivity contribution in [1.82, 2.24) is 15.1 Å². The maximum atomic E-state index is 4.68. The number of hydrogen-bond donors (Lipinski definition) is 1. The monoisotopic (exact) mass is 235 g/mol. The van der Waals surface area contributed by atoms with E-state index >= 15 is 0 Å². The number of aryl methyl sites for hydroxylation is 1. The van der Waals surface area contributed by atoms with E-state index < -0.39 is 0 Å². The normalized spacial score (nSPS) is 16.5. The quantitative estimate of drug-likeness (QED) is 0.869. The largest absolute Gasteiger partial charge is 0.314 e. The summed E-state index contributed by atoms with van der Waals surface area (Å²) in [5.41, 5.74) is 4.02. The molecular weight excluding hydrogens is 210 g/mol. The number of aromatic nitrogens is 2. The van der Waals surface area contributed by atoms with Crippen molar-refractivity contribution < 1.29 is 0 Å². The van der Waals surface area contributed by atoms with Crippen LogP contribution in [-0.2, 0) is 12.0 Å². The summed E-state index contributed by atoms with van der Waals surface area (Å²) in [4.78, 5) is 0. The first-order valence-corrected chi connectivity index (χ1v) is 6.68. The summed E-state index contributed by atoms with van der Waals surface area (Å²) in [5.74, 6) is 0. The molecule has 17 heavy (non-hydrogen) atoms. The molecule has 0 spiro atoms. The molecule has 1 aromatic rings. The summed E-state index contributed by atoms with van der Waals surface area (Å²) >= 11 is 0. The molecule has 0 aromatic carbocycles. The van der Waals surface area contributed by atoms with Crippen molar-refractivity contribution in [2.24, 2.45) is 0 Å². The highest BCUT2D eigenvalue weighted by Gasteiger charge is 2.22. The highest BCUT2D eigenvalue weighted by molar-refractivity contribution is 5.25. The van der Waals surface area contributed by atoms with Crippen molar-refractivity contribution in [2.75, 3.05) is 6.54 Å². The molecule has 1 aliphatic carbocycles. The molecule has 3 heteroatoms. The van der Waals surface area contributed by atoms with Crippen LogP contribution in [0.4, 0.5) is 0 Å². The molecule has 3 nitrogen and oxygen atoms in total. The van der Waals surface area contributed by atoms with Crippen LogP contribution in [0.1, 0.15) is 50.6 Å². The Hall–Kier alpha value is -0.830. The third-order valence-electron chi connectivity index (χ3n) is 3.46. The first-order valence-electron chi connectivity index (χ1n) is 6.68. The number of rotatable bonds is 4. The Balaban J connectivity index is 2.07. The van der Waals surface area contributed by atoms with Gasteiger partial charge in [0.1, 0.15) is 0 Å². The van der Waals surface area contributed by atoms with Crippen LogP contribution in [0, 0.1) is 13.8 Å². The van der Waals surface area contributed by atoms with Gasteiger partial charge in [-0.3, -0.25) is 4.68 Å². The van der Waals surface area contributed by atoms with Crippen LogP contribution >= 0.6 is 0 Å². The minimum atomic E-state index is 0.0804. The van der Waals surface area contributed by atoms with Gasteiger partial charge < -0.3 is 5.32 Å². The van der Waals surface area contributed by atoms with Crippen molar-refractivity contribution in [3.8, 4) is 0 Å². The van der Waals surface area contributed by atoms with Gasteiger partial charge in [-0.15, -0.1) is 0 Å². The van der Waals surface area contributed by atoms with Crippen LogP contribution in [0.3, 0.4) is 0 Å². The Labute approximate surface area is 105 Å². The van der Waals surface area contributed by atoms with Crippen molar-refractivity contribution in [1.29, 1.82) is 0 Å². The van der Waals surface area contributed by atoms with Gasteiger partial charge in [0.25, 0.3) is 0 Å². The zero-order valence-electron chi connectivity index (χ0n) is 11.8. The van der Waals surface area contributed by atoms with Crippen LogP contribution in [0.15, 0.2) is 0 Å². The molecule has 0 unspecified atom stereocenters. The second-order valence-corrected chi connectivity index (χ2v) is 6.21. The van der Waals surface area contributed by atoms with Crippen LogP contribution in [0.2, 0.25) is 0 Å². The third-order valence-corrected chi connectivity index (χ3v) is 3.46. The summed E-state index contributed by atoms with van der Waals surface area (Å²) in [7, 11) is 0. The van der Waals surface area contributed by atoms with Gasteiger partial charge in [0, 0.05) is 11.7 Å². The zero-order chi connectivity index (χ0) is 12.6. The molecule has 0 saturated heterocycles. The lowest BCUT2D eigenvalue weighted by Gasteiger charge is -2.21. The van der Waals surface area contributed by atoms with Crippen LogP contribution in [0.5, 0.6) is 0 Å². The minimum absolute atomic E-state index is 0.0804. The molecule has 1 N–H and O–H groups in total. The lowest BCUT2D eigenvalue weighted by Crippen LogP contribution is -2.24. The van der Waals surface area contributed by atoms with Gasteiger partial charge in [-0.25, -0.2) is 0 Å². The SMILES string of the molecule is Cc1nn(C(C)(C)C)c(C)c1CCNC1CC1. The van der Waals surface area contributed by atoms with Crippen molar-refractivity contribution in [2.45, 2.75) is 65.5 Å². The number of nitrogens with one attached hydrogen (secondary N) is 1. The minimum Gasteiger partial charge on any atom is -0.314 e. The van der Waals surface area contributed by atoms with E-state index in [4.69, 9.17) is 0 Å². The van der Waals surface area contributed by atoms with E-state index in [9.17, 15) is 0 Å². The van der Waals surface area contributed by atoms with Crippen molar-refractivity contribution in [3.05, 3.63) is 17.0 Å². The van der Waals surface area contributed by atoms with E-state index in [2.05, 4.69) is 49.7 Å². The van der Waals surface area contributed by atoms with E-state index in [0.717, 1.165) is 19.0 Å². The maximum absolute atomic E-state index is 4.68. The third kappa shape index (κ3) is 2.89. The van der Waals surface area contributed by atoms with E-state index in [-0.39, 0.29) is 5.54 Å². The smallest absolute Gasteiger partial charge is 0.0629 e. The zero-order valence-corrected chi connectivity index (χ0v) is 11.8. The molecule has 1 fully saturated rings. The highest BCUT2D eigenvalue weighted by Crippen LogP contribution is 2.22. The second-order valence-electron chi connectivity index (χ2n) is 6.21. The van der Waals surface area contributed by atoms with Gasteiger partial charge in [0.05, 0.1) is 11.2 Å². The molecule has 96 valence electrons. The Kier molecular flexibility index (Phi) is 3.30. The predicted molar refractivity (Wildman–Crippen MR) is 71.4 cm³/mol. The first-order chi connectivity index (χ1) is 7.89. The van der Waals surface area contributed by atoms with Gasteiger partial charge in [-0.05, 0) is 66.0 Å². The molecule has 2 rings (SSSR count). The molecule has 0 radical (unpaired) electrons. The molecule has 1 aromatic heterocycles. The summed E-state index contributed by atoms with van der Waals surface area (Å²) in [5, 5.41) is 8.25.